The summed E-state index contributed by atoms with van der Waals surface area (Å²) >= 11 is 0. The number of aromatic nitrogens is 1. The minimum atomic E-state index is -0.199. The minimum absolute atomic E-state index is 0.199. The van der Waals surface area contributed by atoms with Crippen molar-refractivity contribution in [2.45, 2.75) is 0 Å². The third-order valence-electron chi connectivity index (χ3n) is 2.13. The van der Waals surface area contributed by atoms with E-state index in [1.807, 2.05) is 6.07 Å². The molecule has 0 aliphatic carbocycles. The van der Waals surface area contributed by atoms with Gasteiger partial charge < -0.3 is 9.64 Å². The molecular weight excluding hydrogens is 194 g/mol. The highest BCUT2D eigenvalue weighted by Gasteiger charge is 2.15. The summed E-state index contributed by atoms with van der Waals surface area (Å²) in [5.74, 6) is 0.853. The topological polar surface area (TPSA) is 58.3 Å². The molecule has 0 saturated carbocycles. The number of nitriles is 1. The van der Waals surface area contributed by atoms with Crippen molar-refractivity contribution in [3.63, 3.8) is 0 Å². The van der Waals surface area contributed by atoms with Crippen molar-refractivity contribution in [2.24, 2.45) is 7.05 Å². The van der Waals surface area contributed by atoms with Gasteiger partial charge in [0.2, 0.25) is 0 Å². The number of pyridine rings is 1. The number of ether oxygens (including phenoxy) is 1. The van der Waals surface area contributed by atoms with Crippen molar-refractivity contribution in [2.75, 3.05) is 26.1 Å². The lowest BCUT2D eigenvalue weighted by atomic mass is 10.2. The van der Waals surface area contributed by atoms with Gasteiger partial charge in [0, 0.05) is 27.2 Å². The van der Waals surface area contributed by atoms with Gasteiger partial charge in [-0.1, -0.05) is 0 Å². The van der Waals surface area contributed by atoms with Crippen LogP contribution in [-0.4, -0.2) is 25.8 Å². The predicted octanol–water partition coefficient (Wildman–Crippen LogP) is 0.332. The first-order chi connectivity index (χ1) is 7.02. The zero-order chi connectivity index (χ0) is 11.6. The van der Waals surface area contributed by atoms with E-state index < -0.39 is 0 Å². The Morgan fingerprint density at radius 2 is 2.13 bits per heavy atom. The second kappa shape index (κ2) is 4.05. The van der Waals surface area contributed by atoms with Crippen molar-refractivity contribution in [3.8, 4) is 11.8 Å². The molecule has 0 saturated heterocycles. The van der Waals surface area contributed by atoms with Crippen LogP contribution < -0.4 is 15.2 Å². The van der Waals surface area contributed by atoms with Gasteiger partial charge in [0.05, 0.1) is 7.11 Å². The van der Waals surface area contributed by atoms with Gasteiger partial charge in [-0.3, -0.25) is 9.36 Å². The molecular formula is C10H13N3O2. The molecule has 0 aliphatic heterocycles. The standard InChI is InChI=1S/C10H13N3O2/c1-12(2)10-7(6-11)8(15-4)5-9(14)13(10)3/h5H,1-4H3. The van der Waals surface area contributed by atoms with Crippen molar-refractivity contribution in [1.82, 2.24) is 4.57 Å². The second-order valence-corrected chi connectivity index (χ2v) is 3.31. The molecule has 0 amide bonds. The van der Waals surface area contributed by atoms with Gasteiger partial charge in [-0.2, -0.15) is 5.26 Å². The Bertz CT molecular complexity index is 469. The average Bonchev–Trinajstić information content (AvgIpc) is 2.20. The third kappa shape index (κ3) is 1.79. The molecule has 1 aromatic heterocycles. The van der Waals surface area contributed by atoms with E-state index in [2.05, 4.69) is 0 Å². The molecule has 5 nitrogen and oxygen atoms in total. The van der Waals surface area contributed by atoms with Crippen LogP contribution in [0.25, 0.3) is 0 Å². The molecule has 0 aromatic carbocycles. The van der Waals surface area contributed by atoms with Crippen LogP contribution in [0.5, 0.6) is 5.75 Å². The fourth-order valence-electron chi connectivity index (χ4n) is 1.45. The van der Waals surface area contributed by atoms with Gasteiger partial charge in [-0.15, -0.1) is 0 Å². The van der Waals surface area contributed by atoms with Crippen molar-refractivity contribution in [1.29, 1.82) is 5.26 Å². The SMILES string of the molecule is COc1cc(=O)n(C)c(N(C)C)c1C#N. The maximum Gasteiger partial charge on any atom is 0.255 e. The van der Waals surface area contributed by atoms with E-state index in [9.17, 15) is 4.79 Å². The summed E-state index contributed by atoms with van der Waals surface area (Å²) in [6.45, 7) is 0. The number of hydrogen-bond donors (Lipinski definition) is 0. The lowest BCUT2D eigenvalue weighted by Gasteiger charge is -2.19. The first-order valence-corrected chi connectivity index (χ1v) is 4.38. The molecule has 80 valence electrons. The third-order valence-corrected chi connectivity index (χ3v) is 2.13. The van der Waals surface area contributed by atoms with E-state index >= 15 is 0 Å². The van der Waals surface area contributed by atoms with Gasteiger partial charge in [-0.05, 0) is 0 Å². The van der Waals surface area contributed by atoms with E-state index in [-0.39, 0.29) is 5.56 Å². The fourth-order valence-corrected chi connectivity index (χ4v) is 1.45. The highest BCUT2D eigenvalue weighted by molar-refractivity contribution is 5.60. The Labute approximate surface area is 88.1 Å². The highest BCUT2D eigenvalue weighted by atomic mass is 16.5. The van der Waals surface area contributed by atoms with Crippen LogP contribution in [0.15, 0.2) is 10.9 Å². The van der Waals surface area contributed by atoms with Crippen molar-refractivity contribution < 1.29 is 4.74 Å². The summed E-state index contributed by atoms with van der Waals surface area (Å²) in [4.78, 5) is 13.2. The van der Waals surface area contributed by atoms with E-state index in [0.717, 1.165) is 0 Å². The molecule has 1 rings (SSSR count). The van der Waals surface area contributed by atoms with Crippen LogP contribution in [0.1, 0.15) is 5.56 Å². The minimum Gasteiger partial charge on any atom is -0.495 e. The van der Waals surface area contributed by atoms with Gasteiger partial charge in [-0.25, -0.2) is 0 Å². The first-order valence-electron chi connectivity index (χ1n) is 4.38. The average molecular weight is 207 g/mol. The molecule has 5 heteroatoms. The molecule has 1 heterocycles. The molecule has 0 fully saturated rings. The Kier molecular flexibility index (Phi) is 3.00. The zero-order valence-electron chi connectivity index (χ0n) is 9.24. The van der Waals surface area contributed by atoms with Gasteiger partial charge in [0.1, 0.15) is 23.2 Å². The molecule has 0 unspecified atom stereocenters. The van der Waals surface area contributed by atoms with Crippen molar-refractivity contribution in [3.05, 3.63) is 22.0 Å². The molecule has 0 atom stereocenters. The normalized spacial score (nSPS) is 9.53. The van der Waals surface area contributed by atoms with Crippen molar-refractivity contribution >= 4 is 5.82 Å². The Morgan fingerprint density at radius 3 is 2.53 bits per heavy atom. The van der Waals surface area contributed by atoms with E-state index in [0.29, 0.717) is 17.1 Å². The maximum atomic E-state index is 11.5. The van der Waals surface area contributed by atoms with Gasteiger partial charge in [0.25, 0.3) is 5.56 Å². The largest absolute Gasteiger partial charge is 0.495 e. The van der Waals surface area contributed by atoms with E-state index in [4.69, 9.17) is 10.00 Å². The molecule has 15 heavy (non-hydrogen) atoms. The van der Waals surface area contributed by atoms with E-state index in [1.54, 1.807) is 26.0 Å². The Morgan fingerprint density at radius 1 is 1.53 bits per heavy atom. The summed E-state index contributed by atoms with van der Waals surface area (Å²) in [5, 5.41) is 9.02. The number of methoxy groups -OCH3 is 1. The Hall–Kier alpha value is -1.96. The van der Waals surface area contributed by atoms with Crippen LogP contribution in [0, 0.1) is 11.3 Å². The van der Waals surface area contributed by atoms with Gasteiger partial charge in [0.15, 0.2) is 0 Å². The van der Waals surface area contributed by atoms with Crippen LogP contribution in [0.4, 0.5) is 5.82 Å². The summed E-state index contributed by atoms with van der Waals surface area (Å²) in [6.07, 6.45) is 0. The van der Waals surface area contributed by atoms with Crippen LogP contribution >= 0.6 is 0 Å². The number of hydrogen-bond acceptors (Lipinski definition) is 4. The van der Waals surface area contributed by atoms with E-state index in [1.165, 1.54) is 17.7 Å². The van der Waals surface area contributed by atoms with Crippen LogP contribution in [0.2, 0.25) is 0 Å². The number of nitrogens with zero attached hydrogens (tertiary/aromatic N) is 3. The van der Waals surface area contributed by atoms with Crippen LogP contribution in [-0.2, 0) is 7.05 Å². The summed E-state index contributed by atoms with van der Waals surface area (Å²) in [6, 6.07) is 3.35. The summed E-state index contributed by atoms with van der Waals surface area (Å²) < 4.78 is 6.42. The molecule has 0 bridgehead atoms. The Balaban J connectivity index is 3.67. The maximum absolute atomic E-state index is 11.5. The lowest BCUT2D eigenvalue weighted by Crippen LogP contribution is -2.25. The molecule has 1 aromatic rings. The number of anilines is 1. The fraction of sp³-hybridized carbons (Fsp3) is 0.400. The zero-order valence-corrected chi connectivity index (χ0v) is 9.24. The first kappa shape index (κ1) is 11.1. The summed E-state index contributed by atoms with van der Waals surface area (Å²) in [5.41, 5.74) is 0.166. The highest BCUT2D eigenvalue weighted by Crippen LogP contribution is 2.24. The molecule has 0 spiro atoms. The molecule has 0 aliphatic rings. The predicted molar refractivity (Wildman–Crippen MR) is 57.3 cm³/mol. The molecule has 0 radical (unpaired) electrons. The monoisotopic (exact) mass is 207 g/mol. The summed E-state index contributed by atoms with van der Waals surface area (Å²) in [7, 11) is 6.61. The lowest BCUT2D eigenvalue weighted by molar-refractivity contribution is 0.411. The van der Waals surface area contributed by atoms with Crippen LogP contribution in [0.3, 0.4) is 0 Å². The molecule has 0 N–H and O–H groups in total. The smallest absolute Gasteiger partial charge is 0.255 e. The van der Waals surface area contributed by atoms with Gasteiger partial charge >= 0.3 is 0 Å². The second-order valence-electron chi connectivity index (χ2n) is 3.31. The number of rotatable bonds is 2. The quantitative estimate of drug-likeness (QED) is 0.701.